The molecular formula is C15H12BrN7O5. The number of amides is 1. The Bertz CT molecular complexity index is 1320. The van der Waals surface area contributed by atoms with E-state index in [1.54, 1.807) is 12.1 Å². The Hall–Kier alpha value is -3.48. The Kier molecular flexibility index (Phi) is 4.22. The van der Waals surface area contributed by atoms with Crippen LogP contribution in [0.15, 0.2) is 41.6 Å². The second-order valence-electron chi connectivity index (χ2n) is 5.81. The van der Waals surface area contributed by atoms with E-state index < -0.39 is 17.2 Å². The molecule has 4 aromatic heterocycles. The number of carbonyl (C=O) groups is 1. The quantitative estimate of drug-likeness (QED) is 0.473. The van der Waals surface area contributed by atoms with E-state index in [-0.39, 0.29) is 29.6 Å². The standard InChI is InChI=1S/C15H12BrN7O5/c1-21-11-10(13(25)22(2)15(21)26)23(6-17-11)5-9(24)18-14-20-19-12(28-14)7-3-4-8(16)27-7/h3-4,6H,5H2,1-2H3,(H,18,20,24). The van der Waals surface area contributed by atoms with Crippen molar-refractivity contribution in [1.29, 1.82) is 0 Å². The number of halogens is 1. The van der Waals surface area contributed by atoms with Crippen LogP contribution in [0.3, 0.4) is 0 Å². The van der Waals surface area contributed by atoms with Crippen molar-refractivity contribution in [2.45, 2.75) is 6.54 Å². The molecule has 0 fully saturated rings. The number of fused-ring (bicyclic) bond motifs is 1. The van der Waals surface area contributed by atoms with Crippen molar-refractivity contribution in [2.75, 3.05) is 5.32 Å². The number of hydrogen-bond donors (Lipinski definition) is 1. The van der Waals surface area contributed by atoms with Gasteiger partial charge in [0, 0.05) is 14.1 Å². The topological polar surface area (TPSA) is 143 Å². The Balaban J connectivity index is 1.57. The Morgan fingerprint density at radius 1 is 1.18 bits per heavy atom. The van der Waals surface area contributed by atoms with Gasteiger partial charge in [-0.3, -0.25) is 24.0 Å². The molecule has 13 heteroatoms. The number of rotatable bonds is 4. The highest BCUT2D eigenvalue weighted by molar-refractivity contribution is 9.10. The molecule has 0 spiro atoms. The fourth-order valence-corrected chi connectivity index (χ4v) is 2.94. The zero-order valence-electron chi connectivity index (χ0n) is 14.5. The summed E-state index contributed by atoms with van der Waals surface area (Å²) in [5.74, 6) is -0.0890. The molecule has 12 nitrogen and oxygen atoms in total. The van der Waals surface area contributed by atoms with Crippen molar-refractivity contribution in [3.8, 4) is 11.7 Å². The molecule has 4 rings (SSSR count). The normalized spacial score (nSPS) is 11.2. The van der Waals surface area contributed by atoms with Gasteiger partial charge in [0.2, 0.25) is 5.91 Å². The predicted octanol–water partition coefficient (Wildman–Crippen LogP) is 0.478. The highest BCUT2D eigenvalue weighted by Gasteiger charge is 2.18. The van der Waals surface area contributed by atoms with Crippen molar-refractivity contribution in [3.63, 3.8) is 0 Å². The number of aromatic nitrogens is 6. The van der Waals surface area contributed by atoms with E-state index in [0.29, 0.717) is 10.4 Å². The minimum atomic E-state index is -0.549. The third-order valence-electron chi connectivity index (χ3n) is 3.99. The predicted molar refractivity (Wildman–Crippen MR) is 98.5 cm³/mol. The number of aryl methyl sites for hydroxylation is 1. The molecule has 144 valence electrons. The van der Waals surface area contributed by atoms with Gasteiger partial charge in [-0.1, -0.05) is 5.10 Å². The van der Waals surface area contributed by atoms with Crippen LogP contribution in [0.25, 0.3) is 22.8 Å². The number of hydrogen-bond acceptors (Lipinski definition) is 8. The van der Waals surface area contributed by atoms with Crippen LogP contribution in [0.5, 0.6) is 0 Å². The first kappa shape index (κ1) is 17.9. The lowest BCUT2D eigenvalue weighted by atomic mass is 10.4. The number of carbonyl (C=O) groups excluding carboxylic acids is 1. The number of imidazole rings is 1. The third-order valence-corrected chi connectivity index (χ3v) is 4.41. The van der Waals surface area contributed by atoms with Crippen LogP contribution in [0.4, 0.5) is 6.01 Å². The summed E-state index contributed by atoms with van der Waals surface area (Å²) in [4.78, 5) is 40.7. The van der Waals surface area contributed by atoms with Gasteiger partial charge in [0.05, 0.1) is 6.33 Å². The first-order chi connectivity index (χ1) is 13.3. The molecule has 0 bridgehead atoms. The first-order valence-electron chi connectivity index (χ1n) is 7.85. The molecule has 0 radical (unpaired) electrons. The Morgan fingerprint density at radius 3 is 2.68 bits per heavy atom. The Labute approximate surface area is 163 Å². The van der Waals surface area contributed by atoms with Crippen LogP contribution < -0.4 is 16.6 Å². The monoisotopic (exact) mass is 449 g/mol. The van der Waals surface area contributed by atoms with Gasteiger partial charge in [0.25, 0.3) is 11.4 Å². The summed E-state index contributed by atoms with van der Waals surface area (Å²) in [5, 5.41) is 9.96. The second-order valence-corrected chi connectivity index (χ2v) is 6.60. The minimum absolute atomic E-state index is 0.0953. The van der Waals surface area contributed by atoms with E-state index in [1.807, 2.05) is 0 Å². The van der Waals surface area contributed by atoms with Crippen LogP contribution in [0.2, 0.25) is 0 Å². The van der Waals surface area contributed by atoms with Crippen LogP contribution in [0, 0.1) is 0 Å². The van der Waals surface area contributed by atoms with Crippen molar-refractivity contribution >= 4 is 39.0 Å². The molecule has 0 atom stereocenters. The van der Waals surface area contributed by atoms with Gasteiger partial charge >= 0.3 is 11.7 Å². The molecule has 1 amide bonds. The van der Waals surface area contributed by atoms with Crippen molar-refractivity contribution in [1.82, 2.24) is 28.9 Å². The Morgan fingerprint density at radius 2 is 1.96 bits per heavy atom. The zero-order valence-corrected chi connectivity index (χ0v) is 16.1. The largest absolute Gasteiger partial charge is 0.444 e. The van der Waals surface area contributed by atoms with Gasteiger partial charge < -0.3 is 13.4 Å². The number of anilines is 1. The van der Waals surface area contributed by atoms with Gasteiger partial charge in [-0.2, -0.15) is 0 Å². The molecule has 0 aliphatic rings. The summed E-state index contributed by atoms with van der Waals surface area (Å²) in [6.45, 7) is -0.242. The average molecular weight is 450 g/mol. The maximum Gasteiger partial charge on any atom is 0.332 e. The lowest BCUT2D eigenvalue weighted by molar-refractivity contribution is -0.116. The van der Waals surface area contributed by atoms with Crippen LogP contribution in [0.1, 0.15) is 0 Å². The summed E-state index contributed by atoms with van der Waals surface area (Å²) in [5.41, 5.74) is -0.738. The lowest BCUT2D eigenvalue weighted by Gasteiger charge is -2.06. The molecule has 0 aliphatic heterocycles. The maximum absolute atomic E-state index is 12.4. The second kappa shape index (κ2) is 6.60. The first-order valence-corrected chi connectivity index (χ1v) is 8.64. The number of furan rings is 1. The summed E-state index contributed by atoms with van der Waals surface area (Å²) in [6, 6.07) is 3.16. The van der Waals surface area contributed by atoms with Crippen LogP contribution >= 0.6 is 15.9 Å². The molecule has 28 heavy (non-hydrogen) atoms. The van der Waals surface area contributed by atoms with Gasteiger partial charge in [0.15, 0.2) is 21.6 Å². The fourth-order valence-electron chi connectivity index (χ4n) is 2.63. The smallest absolute Gasteiger partial charge is 0.332 e. The summed E-state index contributed by atoms with van der Waals surface area (Å²) < 4.78 is 14.6. The van der Waals surface area contributed by atoms with Crippen molar-refractivity contribution in [3.05, 3.63) is 44.0 Å². The molecule has 0 aromatic carbocycles. The van der Waals surface area contributed by atoms with Crippen molar-refractivity contribution < 1.29 is 13.6 Å². The van der Waals surface area contributed by atoms with E-state index in [0.717, 1.165) is 4.57 Å². The molecule has 0 unspecified atom stereocenters. The van der Waals surface area contributed by atoms with Crippen LogP contribution in [-0.4, -0.2) is 34.8 Å². The third kappa shape index (κ3) is 2.94. The molecule has 1 N–H and O–H groups in total. The van der Waals surface area contributed by atoms with E-state index in [4.69, 9.17) is 8.83 Å². The van der Waals surface area contributed by atoms with Gasteiger partial charge in [-0.25, -0.2) is 9.78 Å². The summed E-state index contributed by atoms with van der Waals surface area (Å²) >= 11 is 3.17. The number of nitrogens with zero attached hydrogens (tertiary/aromatic N) is 6. The van der Waals surface area contributed by atoms with Gasteiger partial charge in [-0.15, -0.1) is 5.10 Å². The van der Waals surface area contributed by atoms with E-state index in [9.17, 15) is 14.4 Å². The molecule has 0 saturated heterocycles. The lowest BCUT2D eigenvalue weighted by Crippen LogP contribution is -2.37. The van der Waals surface area contributed by atoms with Gasteiger partial charge in [-0.05, 0) is 28.1 Å². The zero-order chi connectivity index (χ0) is 20.0. The van der Waals surface area contributed by atoms with E-state index in [2.05, 4.69) is 36.4 Å². The van der Waals surface area contributed by atoms with Gasteiger partial charge in [0.1, 0.15) is 6.54 Å². The maximum atomic E-state index is 12.4. The molecular weight excluding hydrogens is 438 g/mol. The fraction of sp³-hybridized carbons (Fsp3) is 0.200. The summed E-state index contributed by atoms with van der Waals surface area (Å²) in [7, 11) is 2.85. The van der Waals surface area contributed by atoms with Crippen LogP contribution in [-0.2, 0) is 25.4 Å². The molecule has 4 aromatic rings. The van der Waals surface area contributed by atoms with E-state index >= 15 is 0 Å². The number of nitrogens with one attached hydrogen (secondary N) is 1. The van der Waals surface area contributed by atoms with Crippen molar-refractivity contribution in [2.24, 2.45) is 14.1 Å². The SMILES string of the molecule is Cn1c(=O)c2c(ncn2CC(=O)Nc2nnc(-c3ccc(Br)o3)o2)n(C)c1=O. The molecule has 0 aliphatic carbocycles. The molecule has 4 heterocycles. The average Bonchev–Trinajstić information content (AvgIpc) is 3.38. The highest BCUT2D eigenvalue weighted by atomic mass is 79.9. The minimum Gasteiger partial charge on any atom is -0.444 e. The summed E-state index contributed by atoms with van der Waals surface area (Å²) in [6.07, 6.45) is 1.31. The molecule has 0 saturated carbocycles. The van der Waals surface area contributed by atoms with E-state index in [1.165, 1.54) is 29.6 Å². The highest BCUT2D eigenvalue weighted by Crippen LogP contribution is 2.24.